The molecular formula is C49H90O12S. The first-order valence-corrected chi connectivity index (χ1v) is 26.5. The van der Waals surface area contributed by atoms with Crippen LogP contribution in [0.4, 0.5) is 0 Å². The molecule has 13 heteroatoms. The van der Waals surface area contributed by atoms with Crippen LogP contribution in [0.5, 0.6) is 0 Å². The Morgan fingerprint density at radius 1 is 0.532 bits per heavy atom. The van der Waals surface area contributed by atoms with Gasteiger partial charge in [-0.15, -0.1) is 0 Å². The van der Waals surface area contributed by atoms with Crippen molar-refractivity contribution in [2.24, 2.45) is 0 Å². The number of carbonyl (C=O) groups is 2. The Bertz CT molecular complexity index is 1240. The van der Waals surface area contributed by atoms with Crippen LogP contribution in [0, 0.1) is 0 Å². The van der Waals surface area contributed by atoms with E-state index in [-0.39, 0.29) is 19.4 Å². The van der Waals surface area contributed by atoms with Crippen molar-refractivity contribution in [2.75, 3.05) is 19.0 Å². The molecule has 1 saturated heterocycles. The summed E-state index contributed by atoms with van der Waals surface area (Å²) in [5, 5.41) is 30.9. The summed E-state index contributed by atoms with van der Waals surface area (Å²) < 4.78 is 54.1. The third-order valence-electron chi connectivity index (χ3n) is 11.5. The number of carbonyl (C=O) groups excluding carboxylic acids is 2. The number of aliphatic hydroxyl groups is 3. The summed E-state index contributed by atoms with van der Waals surface area (Å²) in [5.41, 5.74) is 0. The number of hydrogen-bond acceptors (Lipinski definition) is 11. The molecule has 12 nitrogen and oxygen atoms in total. The van der Waals surface area contributed by atoms with E-state index in [2.05, 4.69) is 38.2 Å². The van der Waals surface area contributed by atoms with Crippen LogP contribution in [0.25, 0.3) is 0 Å². The Labute approximate surface area is 377 Å². The van der Waals surface area contributed by atoms with Gasteiger partial charge in [-0.1, -0.05) is 186 Å². The highest BCUT2D eigenvalue weighted by Crippen LogP contribution is 2.24. The SMILES string of the molecule is CCCCCCCCCCCCCCCC/C=C/CC/C=C/CCCC(=O)O[C@H](COC(=O)CCCCCCCCCCCCC)CO[C@H]1O[C@H](CS(=O)(=O)O)[C@@H](O)C(O)C1O. The smallest absolute Gasteiger partial charge is 0.306 e. The second kappa shape index (κ2) is 39.5. The minimum atomic E-state index is -4.60. The Morgan fingerprint density at radius 3 is 1.44 bits per heavy atom. The van der Waals surface area contributed by atoms with Gasteiger partial charge in [0.25, 0.3) is 10.1 Å². The van der Waals surface area contributed by atoms with E-state index in [1.165, 1.54) is 135 Å². The first-order valence-electron chi connectivity index (χ1n) is 24.9. The van der Waals surface area contributed by atoms with Gasteiger partial charge in [0.2, 0.25) is 0 Å². The standard InChI is InChI=1S/C49H90O12S/c1-3-5-7-9-11-13-15-16-17-18-19-20-21-22-23-24-25-26-28-30-32-34-36-38-45(51)60-42(39-58-44(50)37-35-33-31-29-27-14-12-10-8-6-4-2)40-59-49-48(54)47(53)46(52)43(61-49)41-62(55,56)57/h24-25,30,32,42-43,46-49,52-54H,3-23,26-29,31,33-41H2,1-2H3,(H,55,56,57)/b25-24+,32-30+/t42-,43-,46-,47?,48?,49+/m1/s1. The molecular weight excluding hydrogens is 813 g/mol. The number of unbranched alkanes of at least 4 members (excludes halogenated alkanes) is 26. The predicted molar refractivity (Wildman–Crippen MR) is 247 cm³/mol. The molecule has 0 spiro atoms. The van der Waals surface area contributed by atoms with Crippen molar-refractivity contribution in [1.29, 1.82) is 0 Å². The first-order chi connectivity index (χ1) is 30.0. The molecule has 6 atom stereocenters. The van der Waals surface area contributed by atoms with Crippen LogP contribution in [0.3, 0.4) is 0 Å². The van der Waals surface area contributed by atoms with Crippen molar-refractivity contribution in [2.45, 2.75) is 256 Å². The molecule has 0 aromatic rings. The van der Waals surface area contributed by atoms with Gasteiger partial charge in [0, 0.05) is 12.8 Å². The van der Waals surface area contributed by atoms with Crippen molar-refractivity contribution in [3.05, 3.63) is 24.3 Å². The molecule has 1 heterocycles. The van der Waals surface area contributed by atoms with Crippen LogP contribution in [0.1, 0.15) is 219 Å². The van der Waals surface area contributed by atoms with Gasteiger partial charge in [0.15, 0.2) is 12.4 Å². The van der Waals surface area contributed by atoms with Crippen LogP contribution in [0.2, 0.25) is 0 Å². The molecule has 1 aliphatic heterocycles. The summed E-state index contributed by atoms with van der Waals surface area (Å²) >= 11 is 0. The average Bonchev–Trinajstić information content (AvgIpc) is 3.24. The lowest BCUT2D eigenvalue weighted by atomic mass is 10.00. The van der Waals surface area contributed by atoms with Gasteiger partial charge in [0.1, 0.15) is 36.8 Å². The summed E-state index contributed by atoms with van der Waals surface area (Å²) in [4.78, 5) is 25.4. The fourth-order valence-corrected chi connectivity index (χ4v) is 8.33. The molecule has 0 aromatic heterocycles. The van der Waals surface area contributed by atoms with Crippen molar-refractivity contribution < 1.29 is 56.8 Å². The first kappa shape index (κ1) is 58.1. The third-order valence-corrected chi connectivity index (χ3v) is 12.3. The molecule has 62 heavy (non-hydrogen) atoms. The summed E-state index contributed by atoms with van der Waals surface area (Å²) in [6, 6.07) is 0. The van der Waals surface area contributed by atoms with E-state index in [0.29, 0.717) is 19.3 Å². The van der Waals surface area contributed by atoms with Crippen LogP contribution in [-0.2, 0) is 38.7 Å². The lowest BCUT2D eigenvalue weighted by molar-refractivity contribution is -0.297. The number of allylic oxidation sites excluding steroid dienone is 4. The van der Waals surface area contributed by atoms with Gasteiger partial charge in [-0.05, 0) is 44.9 Å². The minimum absolute atomic E-state index is 0.108. The van der Waals surface area contributed by atoms with Crippen LogP contribution in [0.15, 0.2) is 24.3 Å². The molecule has 0 aromatic carbocycles. The Morgan fingerprint density at radius 2 is 0.952 bits per heavy atom. The summed E-state index contributed by atoms with van der Waals surface area (Å²) in [6.07, 6.45) is 35.3. The highest BCUT2D eigenvalue weighted by atomic mass is 32.2. The van der Waals surface area contributed by atoms with Gasteiger partial charge < -0.3 is 34.3 Å². The topological polar surface area (TPSA) is 186 Å². The fourth-order valence-electron chi connectivity index (χ4n) is 7.64. The molecule has 0 bridgehead atoms. The highest BCUT2D eigenvalue weighted by molar-refractivity contribution is 7.85. The maximum atomic E-state index is 12.8. The van der Waals surface area contributed by atoms with Gasteiger partial charge in [-0.2, -0.15) is 8.42 Å². The maximum Gasteiger partial charge on any atom is 0.306 e. The zero-order chi connectivity index (χ0) is 45.5. The lowest BCUT2D eigenvalue weighted by Gasteiger charge is -2.40. The van der Waals surface area contributed by atoms with Crippen molar-refractivity contribution >= 4 is 22.1 Å². The number of rotatable bonds is 42. The molecule has 2 unspecified atom stereocenters. The lowest BCUT2D eigenvalue weighted by Crippen LogP contribution is -2.60. The molecule has 4 N–H and O–H groups in total. The van der Waals surface area contributed by atoms with Crippen molar-refractivity contribution in [3.63, 3.8) is 0 Å². The van der Waals surface area contributed by atoms with E-state index in [1.807, 2.05) is 0 Å². The van der Waals surface area contributed by atoms with E-state index in [0.717, 1.165) is 38.5 Å². The van der Waals surface area contributed by atoms with E-state index in [9.17, 15) is 37.9 Å². The summed E-state index contributed by atoms with van der Waals surface area (Å²) in [6.45, 7) is 3.74. The molecule has 1 rings (SSSR count). The predicted octanol–water partition coefficient (Wildman–Crippen LogP) is 10.8. The van der Waals surface area contributed by atoms with E-state index in [4.69, 9.17) is 18.9 Å². The quantitative estimate of drug-likeness (QED) is 0.0197. The van der Waals surface area contributed by atoms with Gasteiger partial charge in [-0.3, -0.25) is 14.1 Å². The Hall–Kier alpha value is -1.87. The van der Waals surface area contributed by atoms with E-state index in [1.54, 1.807) is 0 Å². The Kier molecular flexibility index (Phi) is 37.0. The van der Waals surface area contributed by atoms with Crippen LogP contribution >= 0.6 is 0 Å². The summed E-state index contributed by atoms with van der Waals surface area (Å²) in [5.74, 6) is -2.03. The van der Waals surface area contributed by atoms with Gasteiger partial charge >= 0.3 is 11.9 Å². The molecule has 1 aliphatic rings. The molecule has 0 radical (unpaired) electrons. The normalized spacial score (nSPS) is 20.0. The van der Waals surface area contributed by atoms with Crippen LogP contribution in [-0.4, -0.2) is 96.0 Å². The second-order valence-corrected chi connectivity index (χ2v) is 19.0. The zero-order valence-electron chi connectivity index (χ0n) is 39.0. The number of ether oxygens (including phenoxy) is 4. The monoisotopic (exact) mass is 903 g/mol. The molecule has 0 aliphatic carbocycles. The fraction of sp³-hybridized carbons (Fsp3) is 0.878. The Balaban J connectivity index is 2.38. The maximum absolute atomic E-state index is 12.8. The average molecular weight is 903 g/mol. The number of esters is 2. The van der Waals surface area contributed by atoms with E-state index < -0.39 is 71.2 Å². The summed E-state index contributed by atoms with van der Waals surface area (Å²) in [7, 11) is -4.60. The second-order valence-electron chi connectivity index (χ2n) is 17.5. The third kappa shape index (κ3) is 33.6. The molecule has 0 amide bonds. The van der Waals surface area contributed by atoms with E-state index >= 15 is 0 Å². The molecule has 0 saturated carbocycles. The highest BCUT2D eigenvalue weighted by Gasteiger charge is 2.46. The largest absolute Gasteiger partial charge is 0.462 e. The zero-order valence-corrected chi connectivity index (χ0v) is 39.8. The minimum Gasteiger partial charge on any atom is -0.462 e. The van der Waals surface area contributed by atoms with Crippen molar-refractivity contribution in [1.82, 2.24) is 0 Å². The van der Waals surface area contributed by atoms with Crippen molar-refractivity contribution in [3.8, 4) is 0 Å². The van der Waals surface area contributed by atoms with Gasteiger partial charge in [0.05, 0.1) is 6.61 Å². The number of hydrogen-bond donors (Lipinski definition) is 4. The molecule has 364 valence electrons. The number of aliphatic hydroxyl groups excluding tert-OH is 3. The van der Waals surface area contributed by atoms with Gasteiger partial charge in [-0.25, -0.2) is 0 Å². The van der Waals surface area contributed by atoms with Crippen LogP contribution < -0.4 is 0 Å². The molecule has 1 fully saturated rings.